The number of aryl methyl sites for hydroxylation is 1. The summed E-state index contributed by atoms with van der Waals surface area (Å²) in [4.78, 5) is 12.6. The highest BCUT2D eigenvalue weighted by Gasteiger charge is 2.38. The summed E-state index contributed by atoms with van der Waals surface area (Å²) in [6, 6.07) is 7.75. The Kier molecular flexibility index (Phi) is 3.36. The molecule has 3 heteroatoms. The van der Waals surface area contributed by atoms with Crippen molar-refractivity contribution in [3.63, 3.8) is 0 Å². The van der Waals surface area contributed by atoms with Gasteiger partial charge in [-0.05, 0) is 50.3 Å². The van der Waals surface area contributed by atoms with E-state index in [2.05, 4.69) is 17.8 Å². The number of nitriles is 1. The van der Waals surface area contributed by atoms with Crippen molar-refractivity contribution < 1.29 is 4.79 Å². The van der Waals surface area contributed by atoms with Crippen molar-refractivity contribution in [2.75, 3.05) is 0 Å². The summed E-state index contributed by atoms with van der Waals surface area (Å²) in [7, 11) is 0. The molecule has 0 aromatic heterocycles. The van der Waals surface area contributed by atoms with Crippen LogP contribution in [0.15, 0.2) is 18.2 Å². The zero-order chi connectivity index (χ0) is 13.4. The second kappa shape index (κ2) is 5.02. The molecule has 2 bridgehead atoms. The number of Topliss-reactive ketones (excluding diaryl/α,β-unsaturated/α-hetero) is 1. The molecule has 2 heterocycles. The fourth-order valence-electron chi connectivity index (χ4n) is 3.26. The molecular formula is C16H17NOS. The Morgan fingerprint density at radius 1 is 1.32 bits per heavy atom. The quantitative estimate of drug-likeness (QED) is 0.770. The molecule has 2 fully saturated rings. The third kappa shape index (κ3) is 2.42. The van der Waals surface area contributed by atoms with Crippen LogP contribution in [0.4, 0.5) is 0 Å². The Morgan fingerprint density at radius 2 is 2.00 bits per heavy atom. The van der Waals surface area contributed by atoms with E-state index in [1.165, 1.54) is 12.8 Å². The van der Waals surface area contributed by atoms with Crippen LogP contribution in [0.3, 0.4) is 0 Å². The largest absolute Gasteiger partial charge is 0.294 e. The normalized spacial score (nSPS) is 28.9. The Balaban J connectivity index is 1.86. The lowest BCUT2D eigenvalue weighted by Gasteiger charge is -2.26. The van der Waals surface area contributed by atoms with Gasteiger partial charge in [-0.3, -0.25) is 4.79 Å². The molecule has 0 spiro atoms. The van der Waals surface area contributed by atoms with Gasteiger partial charge in [0.1, 0.15) is 0 Å². The smallest absolute Gasteiger partial charge is 0.167 e. The first-order valence-corrected chi connectivity index (χ1v) is 7.82. The number of hydrogen-bond acceptors (Lipinski definition) is 3. The van der Waals surface area contributed by atoms with Crippen LogP contribution < -0.4 is 0 Å². The lowest BCUT2D eigenvalue weighted by atomic mass is 9.88. The van der Waals surface area contributed by atoms with Gasteiger partial charge in [0.05, 0.1) is 11.6 Å². The molecular weight excluding hydrogens is 254 g/mol. The van der Waals surface area contributed by atoms with Gasteiger partial charge in [-0.25, -0.2) is 0 Å². The predicted molar refractivity (Wildman–Crippen MR) is 77.3 cm³/mol. The number of fused-ring (bicyclic) bond motifs is 2. The second-order valence-corrected chi connectivity index (χ2v) is 7.26. The standard InChI is InChI=1S/C16H17NOS/c1-10-2-5-15(12(6-10)9-17)16(18)11-7-13-3-4-14(8-11)19-13/h2,5-6,11,13-14H,3-4,7-8H2,1H3. The average molecular weight is 271 g/mol. The maximum Gasteiger partial charge on any atom is 0.167 e. The summed E-state index contributed by atoms with van der Waals surface area (Å²) in [5.74, 6) is 0.322. The summed E-state index contributed by atoms with van der Waals surface area (Å²) in [5.41, 5.74) is 2.20. The molecule has 0 amide bonds. The van der Waals surface area contributed by atoms with Crippen molar-refractivity contribution >= 4 is 17.5 Å². The van der Waals surface area contributed by atoms with Crippen molar-refractivity contribution in [3.8, 4) is 6.07 Å². The molecule has 2 atom stereocenters. The second-order valence-electron chi connectivity index (χ2n) is 5.65. The minimum absolute atomic E-state index is 0.133. The van der Waals surface area contributed by atoms with Gasteiger partial charge in [-0.1, -0.05) is 6.07 Å². The molecule has 3 rings (SSSR count). The van der Waals surface area contributed by atoms with Crippen molar-refractivity contribution in [1.82, 2.24) is 0 Å². The van der Waals surface area contributed by atoms with E-state index in [0.717, 1.165) is 18.4 Å². The van der Waals surface area contributed by atoms with Gasteiger partial charge in [0.2, 0.25) is 0 Å². The number of nitrogens with zero attached hydrogens (tertiary/aromatic N) is 1. The number of thioether (sulfide) groups is 1. The number of benzene rings is 1. The van der Waals surface area contributed by atoms with E-state index in [-0.39, 0.29) is 11.7 Å². The summed E-state index contributed by atoms with van der Waals surface area (Å²) in [6.07, 6.45) is 4.52. The van der Waals surface area contributed by atoms with Crippen LogP contribution in [-0.2, 0) is 0 Å². The van der Waals surface area contributed by atoms with E-state index in [1.807, 2.05) is 25.1 Å². The number of ketones is 1. The molecule has 19 heavy (non-hydrogen) atoms. The van der Waals surface area contributed by atoms with E-state index in [4.69, 9.17) is 0 Å². The van der Waals surface area contributed by atoms with Gasteiger partial charge < -0.3 is 0 Å². The monoisotopic (exact) mass is 271 g/mol. The van der Waals surface area contributed by atoms with Crippen molar-refractivity contribution in [3.05, 3.63) is 34.9 Å². The number of rotatable bonds is 2. The zero-order valence-corrected chi connectivity index (χ0v) is 11.9. The first-order valence-electron chi connectivity index (χ1n) is 6.88. The fraction of sp³-hybridized carbons (Fsp3) is 0.500. The summed E-state index contributed by atoms with van der Waals surface area (Å²) < 4.78 is 0. The third-order valence-corrected chi connectivity index (χ3v) is 5.85. The van der Waals surface area contributed by atoms with E-state index in [1.54, 1.807) is 0 Å². The first kappa shape index (κ1) is 12.7. The highest BCUT2D eigenvalue weighted by Crippen LogP contribution is 2.46. The van der Waals surface area contributed by atoms with E-state index in [9.17, 15) is 10.1 Å². The molecule has 2 aliphatic rings. The van der Waals surface area contributed by atoms with Crippen LogP contribution in [0.25, 0.3) is 0 Å². The molecule has 1 aromatic carbocycles. The molecule has 0 saturated carbocycles. The van der Waals surface area contributed by atoms with Crippen LogP contribution in [0, 0.1) is 24.2 Å². The van der Waals surface area contributed by atoms with Gasteiger partial charge in [-0.2, -0.15) is 17.0 Å². The maximum atomic E-state index is 12.6. The van der Waals surface area contributed by atoms with Gasteiger partial charge in [0.25, 0.3) is 0 Å². The van der Waals surface area contributed by atoms with Crippen molar-refractivity contribution in [1.29, 1.82) is 5.26 Å². The SMILES string of the molecule is Cc1ccc(C(=O)C2CC3CCC(C2)S3)c(C#N)c1. The zero-order valence-electron chi connectivity index (χ0n) is 11.1. The lowest BCUT2D eigenvalue weighted by molar-refractivity contribution is 0.0906. The highest BCUT2D eigenvalue weighted by atomic mass is 32.2. The lowest BCUT2D eigenvalue weighted by Crippen LogP contribution is -2.25. The molecule has 0 radical (unpaired) electrons. The summed E-state index contributed by atoms with van der Waals surface area (Å²) in [6.45, 7) is 1.95. The number of carbonyl (C=O) groups is 1. The Hall–Kier alpha value is -1.27. The maximum absolute atomic E-state index is 12.6. The number of carbonyl (C=O) groups excluding carboxylic acids is 1. The minimum Gasteiger partial charge on any atom is -0.294 e. The first-order chi connectivity index (χ1) is 9.17. The predicted octanol–water partition coefficient (Wildman–Crippen LogP) is 3.72. The molecule has 0 N–H and O–H groups in total. The fourth-order valence-corrected chi connectivity index (χ4v) is 5.03. The summed E-state index contributed by atoms with van der Waals surface area (Å²) >= 11 is 2.06. The molecule has 2 saturated heterocycles. The van der Waals surface area contributed by atoms with Crippen LogP contribution in [0.5, 0.6) is 0 Å². The Morgan fingerprint density at radius 3 is 2.63 bits per heavy atom. The molecule has 1 aromatic rings. The molecule has 98 valence electrons. The Bertz CT molecular complexity index is 548. The third-order valence-electron chi connectivity index (χ3n) is 4.22. The van der Waals surface area contributed by atoms with Gasteiger partial charge in [-0.15, -0.1) is 0 Å². The minimum atomic E-state index is 0.133. The summed E-state index contributed by atoms with van der Waals surface area (Å²) in [5, 5.41) is 10.5. The Labute approximate surface area is 118 Å². The molecule has 0 aliphatic carbocycles. The molecule has 2 nitrogen and oxygen atoms in total. The van der Waals surface area contributed by atoms with E-state index < -0.39 is 0 Å². The van der Waals surface area contributed by atoms with Crippen molar-refractivity contribution in [2.45, 2.75) is 43.1 Å². The van der Waals surface area contributed by atoms with Crippen LogP contribution in [0.2, 0.25) is 0 Å². The van der Waals surface area contributed by atoms with E-state index >= 15 is 0 Å². The molecule has 2 unspecified atom stereocenters. The van der Waals surface area contributed by atoms with Crippen LogP contribution in [0.1, 0.15) is 47.2 Å². The van der Waals surface area contributed by atoms with Crippen molar-refractivity contribution in [2.24, 2.45) is 5.92 Å². The number of hydrogen-bond donors (Lipinski definition) is 0. The average Bonchev–Trinajstić information content (AvgIpc) is 2.76. The van der Waals surface area contributed by atoms with Crippen LogP contribution in [-0.4, -0.2) is 16.3 Å². The molecule has 2 aliphatic heterocycles. The van der Waals surface area contributed by atoms with Gasteiger partial charge in [0.15, 0.2) is 5.78 Å². The highest BCUT2D eigenvalue weighted by molar-refractivity contribution is 8.00. The van der Waals surface area contributed by atoms with Gasteiger partial charge in [0, 0.05) is 22.0 Å². The topological polar surface area (TPSA) is 40.9 Å². The van der Waals surface area contributed by atoms with Crippen LogP contribution >= 0.6 is 11.8 Å². The van der Waals surface area contributed by atoms with E-state index in [0.29, 0.717) is 21.6 Å². The van der Waals surface area contributed by atoms with Gasteiger partial charge >= 0.3 is 0 Å².